The summed E-state index contributed by atoms with van der Waals surface area (Å²) in [5, 5.41) is 17.7. The zero-order valence-corrected chi connectivity index (χ0v) is 15.5. The van der Waals surface area contributed by atoms with Gasteiger partial charge in [0, 0.05) is 10.2 Å². The van der Waals surface area contributed by atoms with Crippen molar-refractivity contribution < 1.29 is 4.92 Å². The van der Waals surface area contributed by atoms with E-state index in [-0.39, 0.29) is 23.4 Å². The van der Waals surface area contributed by atoms with E-state index in [0.29, 0.717) is 5.69 Å². The van der Waals surface area contributed by atoms with Crippen LogP contribution < -0.4 is 10.6 Å². The maximum Gasteiger partial charge on any atom is 0.353 e. The molecule has 0 spiro atoms. The van der Waals surface area contributed by atoms with Crippen LogP contribution in [0.5, 0.6) is 0 Å². The molecule has 1 heterocycles. The second-order valence-electron chi connectivity index (χ2n) is 5.59. The van der Waals surface area contributed by atoms with Gasteiger partial charge < -0.3 is 10.6 Å². The van der Waals surface area contributed by atoms with Crippen molar-refractivity contribution >= 4 is 38.9 Å². The molecule has 132 valence electrons. The molecule has 0 aliphatic heterocycles. The fourth-order valence-electron chi connectivity index (χ4n) is 2.48. The van der Waals surface area contributed by atoms with Crippen LogP contribution >= 0.6 is 15.9 Å². The third-order valence-corrected chi connectivity index (χ3v) is 4.24. The maximum absolute atomic E-state index is 11.7. The topological polar surface area (TPSA) is 93.0 Å². The fourth-order valence-corrected chi connectivity index (χ4v) is 2.88. The van der Waals surface area contributed by atoms with Crippen LogP contribution in [0.4, 0.5) is 23.0 Å². The van der Waals surface area contributed by atoms with Crippen LogP contribution in [0.3, 0.4) is 0 Å². The van der Waals surface area contributed by atoms with Gasteiger partial charge in [0.05, 0.1) is 11.0 Å². The number of hydrogen-bond donors (Lipinski definition) is 2. The molecule has 0 saturated carbocycles. The van der Waals surface area contributed by atoms with Crippen molar-refractivity contribution in [1.29, 1.82) is 0 Å². The number of benzene rings is 2. The molecule has 2 aromatic carbocycles. The molecule has 0 fully saturated rings. The van der Waals surface area contributed by atoms with E-state index in [1.807, 2.05) is 55.5 Å². The fraction of sp³-hybridized carbons (Fsp3) is 0.111. The molecule has 8 heteroatoms. The number of nitro groups is 1. The molecule has 0 aliphatic rings. The highest BCUT2D eigenvalue weighted by Gasteiger charge is 2.24. The van der Waals surface area contributed by atoms with Gasteiger partial charge in [-0.25, -0.2) is 9.97 Å². The van der Waals surface area contributed by atoms with Gasteiger partial charge in [-0.2, -0.15) is 0 Å². The van der Waals surface area contributed by atoms with E-state index in [2.05, 4.69) is 36.5 Å². The number of aromatic nitrogens is 2. The van der Waals surface area contributed by atoms with Crippen molar-refractivity contribution in [3.63, 3.8) is 0 Å². The molecule has 2 N–H and O–H groups in total. The first-order chi connectivity index (χ1) is 12.5. The number of anilines is 3. The summed E-state index contributed by atoms with van der Waals surface area (Å²) in [6.45, 7) is 1.92. The third kappa shape index (κ3) is 4.15. The number of hydrogen-bond acceptors (Lipinski definition) is 6. The summed E-state index contributed by atoms with van der Waals surface area (Å²) < 4.78 is 0.857. The second kappa shape index (κ2) is 7.92. The lowest BCUT2D eigenvalue weighted by Gasteiger charge is -2.16. The average Bonchev–Trinajstić information content (AvgIpc) is 2.62. The van der Waals surface area contributed by atoms with Crippen molar-refractivity contribution in [3.8, 4) is 0 Å². The monoisotopic (exact) mass is 413 g/mol. The first-order valence-corrected chi connectivity index (χ1v) is 8.67. The molecule has 1 atom stereocenters. The highest BCUT2D eigenvalue weighted by atomic mass is 79.9. The molecule has 26 heavy (non-hydrogen) atoms. The Kier molecular flexibility index (Phi) is 5.43. The first kappa shape index (κ1) is 17.8. The number of nitrogens with one attached hydrogen (secondary N) is 2. The van der Waals surface area contributed by atoms with Crippen LogP contribution in [0.25, 0.3) is 0 Å². The Morgan fingerprint density at radius 1 is 1.08 bits per heavy atom. The zero-order chi connectivity index (χ0) is 18.5. The van der Waals surface area contributed by atoms with Crippen molar-refractivity contribution in [2.75, 3.05) is 10.6 Å². The molecular weight excluding hydrogens is 398 g/mol. The van der Waals surface area contributed by atoms with Gasteiger partial charge in [0.25, 0.3) is 0 Å². The summed E-state index contributed by atoms with van der Waals surface area (Å²) >= 11 is 3.38. The van der Waals surface area contributed by atoms with E-state index in [9.17, 15) is 10.1 Å². The summed E-state index contributed by atoms with van der Waals surface area (Å²) in [7, 11) is 0. The predicted octanol–water partition coefficient (Wildman–Crippen LogP) is 5.06. The van der Waals surface area contributed by atoms with Crippen molar-refractivity contribution in [2.24, 2.45) is 0 Å². The van der Waals surface area contributed by atoms with Crippen LogP contribution in [-0.2, 0) is 0 Å². The quantitative estimate of drug-likeness (QED) is 0.433. The molecule has 3 rings (SSSR count). The highest BCUT2D eigenvalue weighted by Crippen LogP contribution is 2.33. The lowest BCUT2D eigenvalue weighted by molar-refractivity contribution is -0.383. The maximum atomic E-state index is 11.7. The Hall–Kier alpha value is -3.00. The Morgan fingerprint density at radius 3 is 2.50 bits per heavy atom. The lowest BCUT2D eigenvalue weighted by Crippen LogP contribution is -2.11. The molecule has 0 amide bonds. The average molecular weight is 414 g/mol. The Morgan fingerprint density at radius 2 is 1.81 bits per heavy atom. The van der Waals surface area contributed by atoms with E-state index in [0.717, 1.165) is 10.0 Å². The Balaban J connectivity index is 1.92. The largest absolute Gasteiger partial charge is 0.358 e. The van der Waals surface area contributed by atoms with Crippen molar-refractivity contribution in [1.82, 2.24) is 9.97 Å². The summed E-state index contributed by atoms with van der Waals surface area (Å²) in [5.41, 5.74) is 1.49. The first-order valence-electron chi connectivity index (χ1n) is 7.88. The number of nitrogens with zero attached hydrogens (tertiary/aromatic N) is 3. The predicted molar refractivity (Wildman–Crippen MR) is 105 cm³/mol. The summed E-state index contributed by atoms with van der Waals surface area (Å²) in [6.07, 6.45) is 1.30. The second-order valence-corrected chi connectivity index (χ2v) is 6.50. The smallest absolute Gasteiger partial charge is 0.353 e. The van der Waals surface area contributed by atoms with Crippen LogP contribution in [0, 0.1) is 10.1 Å². The standard InChI is InChI=1S/C18H16BrN5O2/c1-12(13-6-3-2-4-7-13)22-17-16(24(25)26)18(21-11-20-17)23-15-9-5-8-14(19)10-15/h2-12H,1H3,(H2,20,21,22,23). The van der Waals surface area contributed by atoms with Crippen LogP contribution in [0.2, 0.25) is 0 Å². The van der Waals surface area contributed by atoms with Gasteiger partial charge >= 0.3 is 5.69 Å². The van der Waals surface area contributed by atoms with Crippen molar-refractivity contribution in [2.45, 2.75) is 13.0 Å². The van der Waals surface area contributed by atoms with E-state index in [1.165, 1.54) is 6.33 Å². The highest BCUT2D eigenvalue weighted by molar-refractivity contribution is 9.10. The number of halogens is 1. The third-order valence-electron chi connectivity index (χ3n) is 3.75. The number of rotatable bonds is 6. The van der Waals surface area contributed by atoms with E-state index in [4.69, 9.17) is 0 Å². The minimum atomic E-state index is -0.486. The molecular formula is C18H16BrN5O2. The van der Waals surface area contributed by atoms with Gasteiger partial charge in [-0.15, -0.1) is 0 Å². The molecule has 1 unspecified atom stereocenters. The van der Waals surface area contributed by atoms with Crippen LogP contribution in [-0.4, -0.2) is 14.9 Å². The van der Waals surface area contributed by atoms with Gasteiger partial charge in [0.2, 0.25) is 11.6 Å². The lowest BCUT2D eigenvalue weighted by atomic mass is 10.1. The normalized spacial score (nSPS) is 11.6. The van der Waals surface area contributed by atoms with Gasteiger partial charge in [-0.3, -0.25) is 10.1 Å². The Labute approximate surface area is 158 Å². The van der Waals surface area contributed by atoms with Crippen LogP contribution in [0.15, 0.2) is 65.4 Å². The summed E-state index contributed by atoms with van der Waals surface area (Å²) in [4.78, 5) is 19.3. The molecule has 3 aromatic rings. The summed E-state index contributed by atoms with van der Waals surface area (Å²) in [5.74, 6) is 0.296. The zero-order valence-electron chi connectivity index (χ0n) is 13.9. The Bertz CT molecular complexity index is 920. The molecule has 0 bridgehead atoms. The van der Waals surface area contributed by atoms with E-state index < -0.39 is 4.92 Å². The van der Waals surface area contributed by atoms with E-state index >= 15 is 0 Å². The molecule has 1 aromatic heterocycles. The molecule has 0 saturated heterocycles. The molecule has 7 nitrogen and oxygen atoms in total. The molecule has 0 aliphatic carbocycles. The minimum Gasteiger partial charge on any atom is -0.358 e. The van der Waals surface area contributed by atoms with Gasteiger partial charge in [-0.05, 0) is 30.7 Å². The van der Waals surface area contributed by atoms with Gasteiger partial charge in [-0.1, -0.05) is 52.3 Å². The van der Waals surface area contributed by atoms with Crippen LogP contribution in [0.1, 0.15) is 18.5 Å². The van der Waals surface area contributed by atoms with Crippen molar-refractivity contribution in [3.05, 3.63) is 81.1 Å². The minimum absolute atomic E-state index is 0.130. The summed E-state index contributed by atoms with van der Waals surface area (Å²) in [6, 6.07) is 16.8. The van der Waals surface area contributed by atoms with Gasteiger partial charge in [0.1, 0.15) is 6.33 Å². The van der Waals surface area contributed by atoms with E-state index in [1.54, 1.807) is 6.07 Å². The molecule has 0 radical (unpaired) electrons. The van der Waals surface area contributed by atoms with Gasteiger partial charge in [0.15, 0.2) is 0 Å². The SMILES string of the molecule is CC(Nc1ncnc(Nc2cccc(Br)c2)c1[N+](=O)[O-])c1ccccc1.